The lowest BCUT2D eigenvalue weighted by molar-refractivity contribution is -0.216. The van der Waals surface area contributed by atoms with Crippen molar-refractivity contribution in [2.75, 3.05) is 19.6 Å². The Morgan fingerprint density at radius 3 is 2.57 bits per heavy atom. The van der Waals surface area contributed by atoms with Crippen LogP contribution >= 0.6 is 0 Å². The number of benzene rings is 1. The van der Waals surface area contributed by atoms with E-state index in [1.54, 1.807) is 0 Å². The second-order valence-electron chi connectivity index (χ2n) is 5.53. The van der Waals surface area contributed by atoms with E-state index in [0.717, 1.165) is 5.56 Å². The van der Waals surface area contributed by atoms with Gasteiger partial charge in [-0.3, -0.25) is 4.79 Å². The van der Waals surface area contributed by atoms with Crippen LogP contribution < -0.4 is 10.6 Å². The van der Waals surface area contributed by atoms with Crippen molar-refractivity contribution >= 4 is 5.91 Å². The Bertz CT molecular complexity index is 481. The Morgan fingerprint density at radius 1 is 1.38 bits per heavy atom. The van der Waals surface area contributed by atoms with Crippen molar-refractivity contribution in [1.82, 2.24) is 10.6 Å². The second kappa shape index (κ2) is 6.05. The van der Waals surface area contributed by atoms with Crippen LogP contribution in [0.2, 0.25) is 0 Å². The predicted molar refractivity (Wildman–Crippen MR) is 73.8 cm³/mol. The van der Waals surface area contributed by atoms with E-state index in [4.69, 9.17) is 0 Å². The van der Waals surface area contributed by atoms with Gasteiger partial charge in [0.25, 0.3) is 0 Å². The van der Waals surface area contributed by atoms with Crippen LogP contribution in [-0.2, 0) is 4.79 Å². The molecule has 1 amide bonds. The van der Waals surface area contributed by atoms with Gasteiger partial charge in [0, 0.05) is 13.1 Å². The summed E-state index contributed by atoms with van der Waals surface area (Å²) in [6.07, 6.45) is -4.74. The molecule has 0 aliphatic carbocycles. The van der Waals surface area contributed by atoms with E-state index in [2.05, 4.69) is 10.6 Å². The Hall–Kier alpha value is -1.56. The first-order chi connectivity index (χ1) is 9.87. The van der Waals surface area contributed by atoms with Crippen LogP contribution in [0.5, 0.6) is 0 Å². The molecule has 0 saturated carbocycles. The summed E-state index contributed by atoms with van der Waals surface area (Å²) in [5, 5.41) is 5.11. The second-order valence-corrected chi connectivity index (χ2v) is 5.53. The number of hydrogen-bond donors (Lipinski definition) is 2. The van der Waals surface area contributed by atoms with Crippen LogP contribution in [0.4, 0.5) is 13.2 Å². The molecule has 1 aliphatic heterocycles. The Balaban J connectivity index is 2.01. The first-order valence-electron chi connectivity index (χ1n) is 6.97. The number of hydrogen-bond acceptors (Lipinski definition) is 2. The molecule has 0 radical (unpaired) electrons. The van der Waals surface area contributed by atoms with Crippen LogP contribution in [0.15, 0.2) is 30.3 Å². The average Bonchev–Trinajstić information content (AvgIpc) is 2.96. The standard InChI is InChI=1S/C15H19F3N2O/c1-11(12-5-3-2-4-6-12)9-20-13(21)14(15(16,17)18)7-8-19-10-14/h2-6,11,19H,7-10H2,1H3,(H,20,21). The molecule has 2 unspecified atom stereocenters. The Labute approximate surface area is 121 Å². The monoisotopic (exact) mass is 300 g/mol. The zero-order chi connectivity index (χ0) is 15.5. The van der Waals surface area contributed by atoms with Gasteiger partial charge in [0.15, 0.2) is 5.41 Å². The molecule has 1 heterocycles. The first-order valence-corrected chi connectivity index (χ1v) is 6.97. The summed E-state index contributed by atoms with van der Waals surface area (Å²) < 4.78 is 39.6. The van der Waals surface area contributed by atoms with Gasteiger partial charge in [0.1, 0.15) is 0 Å². The molecule has 0 bridgehead atoms. The molecule has 2 rings (SSSR count). The molecule has 0 aromatic heterocycles. The Morgan fingerprint density at radius 2 is 2.05 bits per heavy atom. The third-order valence-corrected chi connectivity index (χ3v) is 4.07. The van der Waals surface area contributed by atoms with E-state index in [1.807, 2.05) is 37.3 Å². The SMILES string of the molecule is CC(CNC(=O)C1(C(F)(F)F)CCNC1)c1ccccc1. The average molecular weight is 300 g/mol. The van der Waals surface area contributed by atoms with Crippen LogP contribution in [0.25, 0.3) is 0 Å². The van der Waals surface area contributed by atoms with Crippen LogP contribution in [0.3, 0.4) is 0 Å². The van der Waals surface area contributed by atoms with Gasteiger partial charge in [0.05, 0.1) is 0 Å². The molecule has 6 heteroatoms. The summed E-state index contributed by atoms with van der Waals surface area (Å²) in [6.45, 7) is 1.94. The third-order valence-electron chi connectivity index (χ3n) is 4.07. The molecule has 3 nitrogen and oxygen atoms in total. The summed E-state index contributed by atoms with van der Waals surface area (Å²) in [6, 6.07) is 9.40. The summed E-state index contributed by atoms with van der Waals surface area (Å²) in [5.41, 5.74) is -1.30. The van der Waals surface area contributed by atoms with E-state index in [0.29, 0.717) is 0 Å². The highest BCUT2D eigenvalue weighted by Gasteiger charge is 2.61. The fourth-order valence-electron chi connectivity index (χ4n) is 2.57. The molecule has 1 aromatic carbocycles. The lowest BCUT2D eigenvalue weighted by Gasteiger charge is -2.30. The predicted octanol–water partition coefficient (Wildman–Crippen LogP) is 2.45. The lowest BCUT2D eigenvalue weighted by Crippen LogP contribution is -2.52. The van der Waals surface area contributed by atoms with E-state index in [-0.39, 0.29) is 32.0 Å². The maximum absolute atomic E-state index is 13.2. The number of halogens is 3. The maximum atomic E-state index is 13.2. The summed E-state index contributed by atoms with van der Waals surface area (Å²) >= 11 is 0. The van der Waals surface area contributed by atoms with Gasteiger partial charge in [-0.2, -0.15) is 13.2 Å². The minimum absolute atomic E-state index is 0.0326. The van der Waals surface area contributed by atoms with Crippen molar-refractivity contribution in [3.63, 3.8) is 0 Å². The molecule has 0 spiro atoms. The fourth-order valence-corrected chi connectivity index (χ4v) is 2.57. The quantitative estimate of drug-likeness (QED) is 0.897. The van der Waals surface area contributed by atoms with Crippen molar-refractivity contribution in [1.29, 1.82) is 0 Å². The van der Waals surface area contributed by atoms with Gasteiger partial charge >= 0.3 is 6.18 Å². The minimum Gasteiger partial charge on any atom is -0.355 e. The van der Waals surface area contributed by atoms with Gasteiger partial charge in [-0.15, -0.1) is 0 Å². The molecule has 116 valence electrons. The molecule has 21 heavy (non-hydrogen) atoms. The minimum atomic E-state index is -4.53. The van der Waals surface area contributed by atoms with Crippen LogP contribution in [0.1, 0.15) is 24.8 Å². The zero-order valence-electron chi connectivity index (χ0n) is 11.8. The maximum Gasteiger partial charge on any atom is 0.404 e. The van der Waals surface area contributed by atoms with Crippen LogP contribution in [-0.4, -0.2) is 31.7 Å². The van der Waals surface area contributed by atoms with Gasteiger partial charge in [-0.25, -0.2) is 0 Å². The molecule has 1 aliphatic rings. The van der Waals surface area contributed by atoms with Crippen molar-refractivity contribution in [2.45, 2.75) is 25.4 Å². The molecular weight excluding hydrogens is 281 g/mol. The van der Waals surface area contributed by atoms with E-state index in [1.165, 1.54) is 0 Å². The fraction of sp³-hybridized carbons (Fsp3) is 0.533. The van der Waals surface area contributed by atoms with Gasteiger partial charge < -0.3 is 10.6 Å². The molecule has 2 atom stereocenters. The van der Waals surface area contributed by atoms with Crippen molar-refractivity contribution < 1.29 is 18.0 Å². The van der Waals surface area contributed by atoms with E-state index >= 15 is 0 Å². The lowest BCUT2D eigenvalue weighted by atomic mass is 9.85. The molecule has 1 fully saturated rings. The smallest absolute Gasteiger partial charge is 0.355 e. The number of nitrogens with one attached hydrogen (secondary N) is 2. The molecular formula is C15H19F3N2O. The number of rotatable bonds is 4. The van der Waals surface area contributed by atoms with Gasteiger partial charge in [0.2, 0.25) is 5.91 Å². The highest BCUT2D eigenvalue weighted by atomic mass is 19.4. The molecule has 1 saturated heterocycles. The number of carbonyl (C=O) groups excluding carboxylic acids is 1. The summed E-state index contributed by atoms with van der Waals surface area (Å²) in [4.78, 5) is 12.1. The highest BCUT2D eigenvalue weighted by molar-refractivity contribution is 5.84. The number of carbonyl (C=O) groups is 1. The van der Waals surface area contributed by atoms with Gasteiger partial charge in [-0.1, -0.05) is 37.3 Å². The van der Waals surface area contributed by atoms with Gasteiger partial charge in [-0.05, 0) is 24.4 Å². The van der Waals surface area contributed by atoms with Crippen molar-refractivity contribution in [2.24, 2.45) is 5.41 Å². The third kappa shape index (κ3) is 3.20. The largest absolute Gasteiger partial charge is 0.404 e. The summed E-state index contributed by atoms with van der Waals surface area (Å²) in [5.74, 6) is -0.961. The zero-order valence-corrected chi connectivity index (χ0v) is 11.8. The molecule has 2 N–H and O–H groups in total. The van der Waals surface area contributed by atoms with E-state index in [9.17, 15) is 18.0 Å². The topological polar surface area (TPSA) is 41.1 Å². The van der Waals surface area contributed by atoms with E-state index < -0.39 is 17.5 Å². The normalized spacial score (nSPS) is 23.8. The van der Waals surface area contributed by atoms with Crippen molar-refractivity contribution in [3.05, 3.63) is 35.9 Å². The number of alkyl halides is 3. The highest BCUT2D eigenvalue weighted by Crippen LogP contribution is 2.43. The number of amides is 1. The molecule has 1 aromatic rings. The summed E-state index contributed by atoms with van der Waals surface area (Å²) in [7, 11) is 0. The van der Waals surface area contributed by atoms with Crippen molar-refractivity contribution in [3.8, 4) is 0 Å². The first kappa shape index (κ1) is 15.8. The van der Waals surface area contributed by atoms with Crippen LogP contribution in [0, 0.1) is 5.41 Å². The Kier molecular flexibility index (Phi) is 4.56.